The third kappa shape index (κ3) is 3.78. The molecule has 0 unspecified atom stereocenters. The van der Waals surface area contributed by atoms with Crippen molar-refractivity contribution in [2.45, 2.75) is 13.8 Å². The Morgan fingerprint density at radius 3 is 2.56 bits per heavy atom. The highest BCUT2D eigenvalue weighted by molar-refractivity contribution is 6.38. The first-order chi connectivity index (χ1) is 4.18. The Labute approximate surface area is 54.9 Å². The summed E-state index contributed by atoms with van der Waals surface area (Å²) < 4.78 is 11.3. The number of Topliss-reactive ketones (excluding diaryl/α,β-unsaturated/α-hetero) is 1. The SMILES string of the molecule is CC(C)C(=O)C#CBF. The summed E-state index contributed by atoms with van der Waals surface area (Å²) in [5.74, 6) is 3.92. The second kappa shape index (κ2) is 4.14. The summed E-state index contributed by atoms with van der Waals surface area (Å²) in [5.41, 5.74) is 0. The number of carbonyl (C=O) groups is 1. The van der Waals surface area contributed by atoms with E-state index in [-0.39, 0.29) is 11.7 Å². The Morgan fingerprint density at radius 2 is 2.22 bits per heavy atom. The summed E-state index contributed by atoms with van der Waals surface area (Å²) in [6.07, 6.45) is 0. The van der Waals surface area contributed by atoms with Crippen LogP contribution in [0.3, 0.4) is 0 Å². The van der Waals surface area contributed by atoms with Gasteiger partial charge < -0.3 is 4.32 Å². The predicted octanol–water partition coefficient (Wildman–Crippen LogP) is 0.493. The van der Waals surface area contributed by atoms with Gasteiger partial charge in [0.2, 0.25) is 5.78 Å². The Hall–Kier alpha value is -0.775. The van der Waals surface area contributed by atoms with Crippen LogP contribution in [0, 0.1) is 17.7 Å². The van der Waals surface area contributed by atoms with Crippen molar-refractivity contribution in [1.82, 2.24) is 0 Å². The average molecular weight is 126 g/mol. The van der Waals surface area contributed by atoms with Crippen molar-refractivity contribution >= 4 is 13.3 Å². The van der Waals surface area contributed by atoms with Crippen molar-refractivity contribution in [1.29, 1.82) is 0 Å². The van der Waals surface area contributed by atoms with E-state index < -0.39 is 7.56 Å². The van der Waals surface area contributed by atoms with Crippen LogP contribution >= 0.6 is 0 Å². The number of rotatable bonds is 1. The number of hydrogen-bond acceptors (Lipinski definition) is 1. The quantitative estimate of drug-likeness (QED) is 0.369. The predicted molar refractivity (Wildman–Crippen MR) is 35.9 cm³/mol. The van der Waals surface area contributed by atoms with Gasteiger partial charge in [-0.25, -0.2) is 0 Å². The molecule has 0 spiro atoms. The van der Waals surface area contributed by atoms with Crippen LogP contribution < -0.4 is 0 Å². The first-order valence-corrected chi connectivity index (χ1v) is 2.77. The van der Waals surface area contributed by atoms with Crippen LogP contribution in [-0.4, -0.2) is 13.3 Å². The lowest BCUT2D eigenvalue weighted by atomic mass is 10.0. The molecule has 0 saturated heterocycles. The van der Waals surface area contributed by atoms with Crippen molar-refractivity contribution < 1.29 is 9.11 Å². The van der Waals surface area contributed by atoms with Gasteiger partial charge in [0.15, 0.2) is 0 Å². The van der Waals surface area contributed by atoms with Gasteiger partial charge in [0.25, 0.3) is 0 Å². The molecule has 0 aliphatic heterocycles. The molecule has 0 aromatic carbocycles. The number of hydrogen-bond donors (Lipinski definition) is 0. The zero-order valence-corrected chi connectivity index (χ0v) is 5.57. The first-order valence-electron chi connectivity index (χ1n) is 2.77. The van der Waals surface area contributed by atoms with Crippen LogP contribution in [0.1, 0.15) is 13.8 Å². The van der Waals surface area contributed by atoms with Crippen LogP contribution in [0.15, 0.2) is 0 Å². The molecule has 0 amide bonds. The Kier molecular flexibility index (Phi) is 3.78. The molecular formula is C6H8BFO. The second-order valence-corrected chi connectivity index (χ2v) is 1.95. The van der Waals surface area contributed by atoms with Crippen molar-refractivity contribution in [3.63, 3.8) is 0 Å². The number of ketones is 1. The Balaban J connectivity index is 3.77. The van der Waals surface area contributed by atoms with Gasteiger partial charge in [-0.2, -0.15) is 0 Å². The molecule has 0 saturated carbocycles. The minimum Gasteiger partial charge on any atom is -0.322 e. The Bertz CT molecular complexity index is 154. The van der Waals surface area contributed by atoms with Gasteiger partial charge in [0.05, 0.1) is 0 Å². The van der Waals surface area contributed by atoms with Crippen LogP contribution in [0.25, 0.3) is 0 Å². The third-order valence-electron chi connectivity index (χ3n) is 0.803. The van der Waals surface area contributed by atoms with Crippen molar-refractivity contribution in [2.75, 3.05) is 0 Å². The topological polar surface area (TPSA) is 17.1 Å². The molecule has 0 aliphatic carbocycles. The highest BCUT2D eigenvalue weighted by Crippen LogP contribution is 1.90. The van der Waals surface area contributed by atoms with E-state index in [1.807, 2.05) is 0 Å². The minimum atomic E-state index is -0.738. The first kappa shape index (κ1) is 8.22. The summed E-state index contributed by atoms with van der Waals surface area (Å²) >= 11 is 0. The second-order valence-electron chi connectivity index (χ2n) is 1.95. The third-order valence-corrected chi connectivity index (χ3v) is 0.803. The van der Waals surface area contributed by atoms with E-state index in [0.29, 0.717) is 0 Å². The largest absolute Gasteiger partial charge is 0.413 e. The van der Waals surface area contributed by atoms with E-state index in [2.05, 4.69) is 11.7 Å². The van der Waals surface area contributed by atoms with Gasteiger partial charge in [-0.15, -0.1) is 5.82 Å². The van der Waals surface area contributed by atoms with Crippen molar-refractivity contribution in [2.24, 2.45) is 5.92 Å². The molecule has 0 heterocycles. The van der Waals surface area contributed by atoms with Crippen molar-refractivity contribution in [3.05, 3.63) is 0 Å². The van der Waals surface area contributed by atoms with Gasteiger partial charge in [0.1, 0.15) is 0 Å². The standard InChI is InChI=1S/C6H8BFO/c1-5(2)6(9)3-4-7-8/h5,7H,1-2H3. The zero-order chi connectivity index (χ0) is 7.28. The maximum atomic E-state index is 11.3. The lowest BCUT2D eigenvalue weighted by Crippen LogP contribution is -2.02. The monoisotopic (exact) mass is 126 g/mol. The highest BCUT2D eigenvalue weighted by atomic mass is 19.1. The van der Waals surface area contributed by atoms with E-state index in [4.69, 9.17) is 0 Å². The molecule has 48 valence electrons. The summed E-state index contributed by atoms with van der Waals surface area (Å²) in [6.45, 7) is 3.46. The molecule has 0 aromatic rings. The molecule has 0 bridgehead atoms. The van der Waals surface area contributed by atoms with E-state index in [1.165, 1.54) is 0 Å². The van der Waals surface area contributed by atoms with Gasteiger partial charge in [-0.3, -0.25) is 4.79 Å². The van der Waals surface area contributed by atoms with Crippen LogP contribution in [0.4, 0.5) is 4.32 Å². The van der Waals surface area contributed by atoms with Gasteiger partial charge in [-0.05, 0) is 5.92 Å². The zero-order valence-electron chi connectivity index (χ0n) is 5.57. The van der Waals surface area contributed by atoms with E-state index in [0.717, 1.165) is 0 Å². The maximum Gasteiger partial charge on any atom is 0.413 e. The molecule has 0 aliphatic rings. The molecular weight excluding hydrogens is 118 g/mol. The molecule has 0 N–H and O–H groups in total. The van der Waals surface area contributed by atoms with E-state index >= 15 is 0 Å². The molecule has 0 atom stereocenters. The fourth-order valence-corrected chi connectivity index (χ4v) is 0.265. The van der Waals surface area contributed by atoms with Crippen molar-refractivity contribution in [3.8, 4) is 11.7 Å². The fourth-order valence-electron chi connectivity index (χ4n) is 0.265. The molecule has 1 nitrogen and oxygen atoms in total. The van der Waals surface area contributed by atoms with Crippen LogP contribution in [0.2, 0.25) is 0 Å². The molecule has 3 heteroatoms. The number of halogens is 1. The average Bonchev–Trinajstić information content (AvgIpc) is 1.82. The highest BCUT2D eigenvalue weighted by Gasteiger charge is 2.00. The van der Waals surface area contributed by atoms with Gasteiger partial charge in [-0.1, -0.05) is 13.8 Å². The summed E-state index contributed by atoms with van der Waals surface area (Å²) in [7, 11) is -0.738. The maximum absolute atomic E-state index is 11.3. The molecule has 0 radical (unpaired) electrons. The van der Waals surface area contributed by atoms with E-state index in [1.54, 1.807) is 13.8 Å². The van der Waals surface area contributed by atoms with Gasteiger partial charge >= 0.3 is 7.56 Å². The number of carbonyl (C=O) groups excluding carboxylic acids is 1. The fraction of sp³-hybridized carbons (Fsp3) is 0.500. The van der Waals surface area contributed by atoms with E-state index in [9.17, 15) is 9.11 Å². The summed E-state index contributed by atoms with van der Waals surface area (Å²) in [5, 5.41) is 0. The summed E-state index contributed by atoms with van der Waals surface area (Å²) in [4.78, 5) is 10.6. The Morgan fingerprint density at radius 1 is 1.67 bits per heavy atom. The molecule has 0 fully saturated rings. The minimum absolute atomic E-state index is 0.107. The van der Waals surface area contributed by atoms with Gasteiger partial charge in [0, 0.05) is 5.92 Å². The van der Waals surface area contributed by atoms with Crippen LogP contribution in [-0.2, 0) is 4.79 Å². The molecule has 0 rings (SSSR count). The summed E-state index contributed by atoms with van der Waals surface area (Å²) in [6, 6.07) is 0. The van der Waals surface area contributed by atoms with Crippen LogP contribution in [0.5, 0.6) is 0 Å². The lowest BCUT2D eigenvalue weighted by Gasteiger charge is -1.91. The smallest absolute Gasteiger partial charge is 0.322 e. The lowest BCUT2D eigenvalue weighted by molar-refractivity contribution is -0.116. The molecule has 9 heavy (non-hydrogen) atoms. The molecule has 0 aromatic heterocycles. The normalized spacial score (nSPS) is 8.00.